The molecular weight excluding hydrogens is 324 g/mol. The first kappa shape index (κ1) is 17.9. The average molecular weight is 348 g/mol. The molecule has 0 spiro atoms. The van der Waals surface area contributed by atoms with Crippen molar-refractivity contribution in [1.82, 2.24) is 20.5 Å². The van der Waals surface area contributed by atoms with E-state index in [-0.39, 0.29) is 5.91 Å². The number of amides is 1. The Morgan fingerprint density at radius 2 is 1.58 bits per heavy atom. The van der Waals surface area contributed by atoms with Gasteiger partial charge in [0, 0.05) is 19.4 Å². The van der Waals surface area contributed by atoms with Gasteiger partial charge in [0.25, 0.3) is 0 Å². The fraction of sp³-hybridized carbons (Fsp3) is 0.286. The summed E-state index contributed by atoms with van der Waals surface area (Å²) in [5.41, 5.74) is 4.66. The van der Waals surface area contributed by atoms with Crippen molar-refractivity contribution in [3.05, 3.63) is 82.4 Å². The van der Waals surface area contributed by atoms with Crippen molar-refractivity contribution in [2.24, 2.45) is 0 Å². The molecule has 5 heteroatoms. The lowest BCUT2D eigenvalue weighted by Gasteiger charge is -2.04. The highest BCUT2D eigenvalue weighted by Gasteiger charge is 2.06. The van der Waals surface area contributed by atoms with Gasteiger partial charge in [0.2, 0.25) is 5.91 Å². The van der Waals surface area contributed by atoms with E-state index in [1.54, 1.807) is 0 Å². The number of nitrogens with zero attached hydrogens (tertiary/aromatic N) is 2. The second-order valence-electron chi connectivity index (χ2n) is 6.62. The van der Waals surface area contributed by atoms with E-state index in [0.29, 0.717) is 19.4 Å². The number of hydrogen-bond donors (Lipinski definition) is 2. The van der Waals surface area contributed by atoms with Crippen molar-refractivity contribution in [2.45, 2.75) is 33.1 Å². The van der Waals surface area contributed by atoms with Crippen molar-refractivity contribution < 1.29 is 4.79 Å². The van der Waals surface area contributed by atoms with E-state index in [9.17, 15) is 4.79 Å². The zero-order valence-electron chi connectivity index (χ0n) is 15.2. The lowest BCUT2D eigenvalue weighted by Crippen LogP contribution is -2.27. The van der Waals surface area contributed by atoms with E-state index >= 15 is 0 Å². The van der Waals surface area contributed by atoms with E-state index in [1.165, 1.54) is 16.7 Å². The third-order valence-electron chi connectivity index (χ3n) is 4.23. The highest BCUT2D eigenvalue weighted by molar-refractivity contribution is 5.78. The van der Waals surface area contributed by atoms with Gasteiger partial charge in [0.1, 0.15) is 5.82 Å². The fourth-order valence-electron chi connectivity index (χ4n) is 2.69. The summed E-state index contributed by atoms with van der Waals surface area (Å²) in [6, 6.07) is 16.4. The first-order valence-corrected chi connectivity index (χ1v) is 8.86. The molecule has 2 aromatic carbocycles. The topological polar surface area (TPSA) is 70.7 Å². The second-order valence-corrected chi connectivity index (χ2v) is 6.62. The van der Waals surface area contributed by atoms with Crippen LogP contribution in [0, 0.1) is 13.8 Å². The molecule has 0 unspecified atom stereocenters. The fourth-order valence-corrected chi connectivity index (χ4v) is 2.69. The first-order valence-electron chi connectivity index (χ1n) is 8.86. The summed E-state index contributed by atoms with van der Waals surface area (Å²) >= 11 is 0. The molecule has 0 saturated heterocycles. The van der Waals surface area contributed by atoms with Crippen LogP contribution < -0.4 is 5.32 Å². The van der Waals surface area contributed by atoms with Crippen molar-refractivity contribution in [3.63, 3.8) is 0 Å². The van der Waals surface area contributed by atoms with Gasteiger partial charge in [-0.25, -0.2) is 4.98 Å². The Bertz CT molecular complexity index is 850. The summed E-state index contributed by atoms with van der Waals surface area (Å²) in [5.74, 6) is 1.59. The molecule has 1 aromatic heterocycles. The molecule has 0 saturated carbocycles. The number of hydrogen-bond acceptors (Lipinski definition) is 3. The Balaban J connectivity index is 1.43. The Labute approximate surface area is 153 Å². The molecule has 0 aliphatic heterocycles. The molecule has 0 radical (unpaired) electrons. The molecule has 0 atom stereocenters. The number of benzene rings is 2. The van der Waals surface area contributed by atoms with Crippen LogP contribution in [0.5, 0.6) is 0 Å². The molecule has 3 rings (SSSR count). The standard InChI is InChI=1S/C21H24N4O/c1-15-3-7-17(8-4-15)13-20-23-19(24-25-20)11-12-22-21(26)14-18-9-5-16(2)6-10-18/h3-10H,11-14H2,1-2H3,(H,22,26)(H,23,24,25). The van der Waals surface area contributed by atoms with Crippen LogP contribution in [0.4, 0.5) is 0 Å². The predicted molar refractivity (Wildman–Crippen MR) is 102 cm³/mol. The molecule has 5 nitrogen and oxygen atoms in total. The molecule has 26 heavy (non-hydrogen) atoms. The maximum absolute atomic E-state index is 12.0. The monoisotopic (exact) mass is 348 g/mol. The van der Waals surface area contributed by atoms with Crippen LogP contribution in [-0.4, -0.2) is 27.6 Å². The molecule has 0 fully saturated rings. The van der Waals surface area contributed by atoms with Gasteiger partial charge in [-0.05, 0) is 25.0 Å². The summed E-state index contributed by atoms with van der Waals surface area (Å²) in [5, 5.41) is 10.1. The Hall–Kier alpha value is -2.95. The molecule has 0 aliphatic rings. The summed E-state index contributed by atoms with van der Waals surface area (Å²) in [4.78, 5) is 16.5. The highest BCUT2D eigenvalue weighted by Crippen LogP contribution is 2.08. The summed E-state index contributed by atoms with van der Waals surface area (Å²) in [6.07, 6.45) is 1.74. The van der Waals surface area contributed by atoms with Gasteiger partial charge in [-0.1, -0.05) is 59.7 Å². The van der Waals surface area contributed by atoms with Crippen LogP contribution in [0.15, 0.2) is 48.5 Å². The Morgan fingerprint density at radius 1 is 0.962 bits per heavy atom. The summed E-state index contributed by atoms with van der Waals surface area (Å²) in [6.45, 7) is 4.64. The second kappa shape index (κ2) is 8.43. The van der Waals surface area contributed by atoms with Gasteiger partial charge in [-0.15, -0.1) is 0 Å². The third-order valence-corrected chi connectivity index (χ3v) is 4.23. The molecule has 1 heterocycles. The molecule has 134 valence electrons. The van der Waals surface area contributed by atoms with Crippen LogP contribution in [0.1, 0.15) is 33.9 Å². The van der Waals surface area contributed by atoms with Crippen LogP contribution in [0.3, 0.4) is 0 Å². The lowest BCUT2D eigenvalue weighted by atomic mass is 10.1. The normalized spacial score (nSPS) is 10.7. The van der Waals surface area contributed by atoms with Crippen molar-refractivity contribution in [3.8, 4) is 0 Å². The van der Waals surface area contributed by atoms with Crippen LogP contribution >= 0.6 is 0 Å². The smallest absolute Gasteiger partial charge is 0.224 e. The average Bonchev–Trinajstić information content (AvgIpc) is 3.06. The number of nitrogens with one attached hydrogen (secondary N) is 2. The van der Waals surface area contributed by atoms with Gasteiger partial charge in [0.15, 0.2) is 5.82 Å². The summed E-state index contributed by atoms with van der Waals surface area (Å²) in [7, 11) is 0. The summed E-state index contributed by atoms with van der Waals surface area (Å²) < 4.78 is 0. The van der Waals surface area contributed by atoms with Crippen LogP contribution in [0.25, 0.3) is 0 Å². The van der Waals surface area contributed by atoms with E-state index in [0.717, 1.165) is 23.6 Å². The highest BCUT2D eigenvalue weighted by atomic mass is 16.1. The molecule has 0 bridgehead atoms. The lowest BCUT2D eigenvalue weighted by molar-refractivity contribution is -0.120. The van der Waals surface area contributed by atoms with Gasteiger partial charge in [0.05, 0.1) is 6.42 Å². The molecule has 2 N–H and O–H groups in total. The zero-order valence-corrected chi connectivity index (χ0v) is 15.2. The minimum atomic E-state index is 0.0178. The Morgan fingerprint density at radius 3 is 2.23 bits per heavy atom. The molecular formula is C21H24N4O. The van der Waals surface area contributed by atoms with Crippen molar-refractivity contribution in [1.29, 1.82) is 0 Å². The third kappa shape index (κ3) is 5.28. The molecule has 1 amide bonds. The largest absolute Gasteiger partial charge is 0.355 e. The SMILES string of the molecule is Cc1ccc(CC(=O)NCCc2n[nH]c(Cc3ccc(C)cc3)n2)cc1. The minimum absolute atomic E-state index is 0.0178. The van der Waals surface area contributed by atoms with Gasteiger partial charge >= 0.3 is 0 Å². The Kier molecular flexibility index (Phi) is 5.79. The maximum Gasteiger partial charge on any atom is 0.224 e. The number of aromatic amines is 1. The van der Waals surface area contributed by atoms with E-state index in [4.69, 9.17) is 0 Å². The van der Waals surface area contributed by atoms with Crippen LogP contribution in [0.2, 0.25) is 0 Å². The van der Waals surface area contributed by atoms with E-state index < -0.39 is 0 Å². The van der Waals surface area contributed by atoms with Crippen LogP contribution in [-0.2, 0) is 24.1 Å². The number of aryl methyl sites for hydroxylation is 2. The number of aromatic nitrogens is 3. The predicted octanol–water partition coefficient (Wildman–Crippen LogP) is 2.91. The number of rotatable bonds is 7. The minimum Gasteiger partial charge on any atom is -0.355 e. The first-order chi connectivity index (χ1) is 12.6. The van der Waals surface area contributed by atoms with E-state index in [2.05, 4.69) is 51.7 Å². The molecule has 0 aliphatic carbocycles. The number of carbonyl (C=O) groups excluding carboxylic acids is 1. The quantitative estimate of drug-likeness (QED) is 0.690. The van der Waals surface area contributed by atoms with Crippen molar-refractivity contribution >= 4 is 5.91 Å². The van der Waals surface area contributed by atoms with E-state index in [1.807, 2.05) is 31.2 Å². The van der Waals surface area contributed by atoms with Gasteiger partial charge in [-0.2, -0.15) is 5.10 Å². The maximum atomic E-state index is 12.0. The molecule has 3 aromatic rings. The van der Waals surface area contributed by atoms with Gasteiger partial charge in [-0.3, -0.25) is 9.89 Å². The van der Waals surface area contributed by atoms with Gasteiger partial charge < -0.3 is 5.32 Å². The number of carbonyl (C=O) groups is 1. The number of H-pyrrole nitrogens is 1. The zero-order chi connectivity index (χ0) is 18.4. The van der Waals surface area contributed by atoms with Crippen molar-refractivity contribution in [2.75, 3.05) is 6.54 Å².